The predicted molar refractivity (Wildman–Crippen MR) is 307 cm³/mol. The maximum Gasteiger partial charge on any atom is 0.155 e. The first-order valence-electron chi connectivity index (χ1n) is 25.4. The van der Waals surface area contributed by atoms with Gasteiger partial charge in [0.05, 0.1) is 19.6 Å². The van der Waals surface area contributed by atoms with Crippen molar-refractivity contribution in [3.05, 3.63) is 135 Å². The Morgan fingerprint density at radius 3 is 1.60 bits per heavy atom. The number of phenolic OH excluding ortho intramolecular Hbond substituents is 2. The van der Waals surface area contributed by atoms with Crippen molar-refractivity contribution in [3.63, 3.8) is 0 Å². The van der Waals surface area contributed by atoms with Gasteiger partial charge in [0, 0.05) is 97.6 Å². The average molecular weight is 999 g/mol. The molecule has 73 heavy (non-hydrogen) atoms. The first kappa shape index (κ1) is 59.8. The molecule has 7 rings (SSSR count). The van der Waals surface area contributed by atoms with Crippen LogP contribution in [0.25, 0.3) is 22.6 Å². The second-order valence-electron chi connectivity index (χ2n) is 17.7. The summed E-state index contributed by atoms with van der Waals surface area (Å²) in [6.07, 6.45) is 5.36. The van der Waals surface area contributed by atoms with Crippen LogP contribution < -0.4 is 41.8 Å². The highest BCUT2D eigenvalue weighted by molar-refractivity contribution is 5.82. The van der Waals surface area contributed by atoms with Crippen LogP contribution in [0.3, 0.4) is 0 Å². The van der Waals surface area contributed by atoms with Crippen LogP contribution in [0, 0.1) is 46.4 Å². The number of fused-ring (bicyclic) bond motifs is 2. The van der Waals surface area contributed by atoms with Gasteiger partial charge in [-0.3, -0.25) is 4.99 Å². The van der Waals surface area contributed by atoms with Crippen LogP contribution in [-0.2, 0) is 0 Å². The molecule has 1 aliphatic carbocycles. The van der Waals surface area contributed by atoms with Gasteiger partial charge >= 0.3 is 0 Å². The van der Waals surface area contributed by atoms with Crippen LogP contribution in [-0.4, -0.2) is 62.1 Å². The number of nitrogen functional groups attached to an aromatic ring is 1. The van der Waals surface area contributed by atoms with Crippen molar-refractivity contribution in [2.24, 2.45) is 10.2 Å². The molecular formula is C59H82N8O6. The van der Waals surface area contributed by atoms with Crippen molar-refractivity contribution < 1.29 is 24.1 Å². The van der Waals surface area contributed by atoms with E-state index in [4.69, 9.17) is 24.6 Å². The van der Waals surface area contributed by atoms with Gasteiger partial charge < -0.3 is 51.1 Å². The fourth-order valence-corrected chi connectivity index (χ4v) is 6.96. The van der Waals surface area contributed by atoms with Crippen LogP contribution in [0.2, 0.25) is 0 Å². The number of hydrogen-bond acceptors (Lipinski definition) is 14. The number of nitrogens with two attached hydrogens (primary N) is 1. The lowest BCUT2D eigenvalue weighted by molar-refractivity contribution is 0.415. The van der Waals surface area contributed by atoms with E-state index in [1.54, 1.807) is 32.4 Å². The summed E-state index contributed by atoms with van der Waals surface area (Å²) in [5, 5.41) is 35.5. The van der Waals surface area contributed by atoms with Gasteiger partial charge in [-0.2, -0.15) is 0 Å². The molecule has 14 heteroatoms. The van der Waals surface area contributed by atoms with E-state index in [0.29, 0.717) is 5.75 Å². The Balaban J connectivity index is 0.000000251. The normalized spacial score (nSPS) is 10.6. The van der Waals surface area contributed by atoms with Crippen molar-refractivity contribution >= 4 is 45.2 Å². The molecule has 1 heterocycles. The molecular weight excluding hydrogens is 917 g/mol. The Kier molecular flexibility index (Phi) is 26.0. The monoisotopic (exact) mass is 999 g/mol. The third kappa shape index (κ3) is 19.6. The van der Waals surface area contributed by atoms with Crippen molar-refractivity contribution in [2.45, 2.75) is 108 Å². The second kappa shape index (κ2) is 31.8. The van der Waals surface area contributed by atoms with Gasteiger partial charge in [0.25, 0.3) is 0 Å². The molecule has 0 amide bonds. The molecule has 0 bridgehead atoms. The van der Waals surface area contributed by atoms with Crippen LogP contribution in [0.5, 0.6) is 23.0 Å². The van der Waals surface area contributed by atoms with Crippen LogP contribution >= 0.6 is 0 Å². The molecule has 5 aromatic rings. The number of nitrogens with one attached hydrogen (secondary N) is 4. The Labute approximate surface area is 434 Å². The average Bonchev–Trinajstić information content (AvgIpc) is 3.38. The van der Waals surface area contributed by atoms with Crippen LogP contribution in [0.4, 0.5) is 34.1 Å². The number of phenols is 2. The quantitative estimate of drug-likeness (QED) is 0.0259. The Morgan fingerprint density at radius 1 is 0.562 bits per heavy atom. The highest BCUT2D eigenvalue weighted by atomic mass is 16.5. The number of aromatic hydroxyl groups is 2. The molecule has 5 aromatic carbocycles. The van der Waals surface area contributed by atoms with Gasteiger partial charge in [0.2, 0.25) is 0 Å². The van der Waals surface area contributed by atoms with Crippen LogP contribution in [0.1, 0.15) is 100 Å². The molecule has 14 nitrogen and oxygen atoms in total. The van der Waals surface area contributed by atoms with E-state index in [0.717, 1.165) is 144 Å². The number of aryl methyl sites for hydroxylation is 6. The van der Waals surface area contributed by atoms with E-state index >= 15 is 0 Å². The number of methoxy groups -OCH3 is 2. The van der Waals surface area contributed by atoms with Crippen molar-refractivity contribution in [1.29, 1.82) is 0 Å². The number of hydrogen-bond donors (Lipinski definition) is 7. The topological polar surface area (TPSA) is 201 Å². The van der Waals surface area contributed by atoms with E-state index in [2.05, 4.69) is 111 Å². The van der Waals surface area contributed by atoms with E-state index in [1.807, 2.05) is 63.2 Å². The van der Waals surface area contributed by atoms with Crippen molar-refractivity contribution in [2.75, 3.05) is 73.9 Å². The molecule has 2 aliphatic rings. The molecule has 0 saturated carbocycles. The fourth-order valence-electron chi connectivity index (χ4n) is 6.96. The van der Waals surface area contributed by atoms with Gasteiger partial charge in [0.15, 0.2) is 11.3 Å². The zero-order valence-corrected chi connectivity index (χ0v) is 45.7. The summed E-state index contributed by atoms with van der Waals surface area (Å²) in [5.74, 6) is 2.74. The Morgan fingerprint density at radius 2 is 1.07 bits per heavy atom. The summed E-state index contributed by atoms with van der Waals surface area (Å²) in [5.41, 5.74) is 19.9. The molecule has 0 aromatic heterocycles. The SMILES string of the molecule is CCCN=c1cc2oc3cc(NCCC)c(C)cc3nc-2cc1C.CCCNc1cc(O)c(N=O)cc1C.CCCNc1cc(O)ccc1C.CCCNc1cc(OC)ccc1C.COc1ccc(C)c(N)c1. The predicted octanol–water partition coefficient (Wildman–Crippen LogP) is 14.5. The molecule has 0 radical (unpaired) electrons. The lowest BCUT2D eigenvalue weighted by Crippen LogP contribution is -2.09. The first-order chi connectivity index (χ1) is 35.0. The molecule has 0 fully saturated rings. The summed E-state index contributed by atoms with van der Waals surface area (Å²) in [6.45, 7) is 27.3. The van der Waals surface area contributed by atoms with Gasteiger partial charge in [-0.05, 0) is 149 Å². The van der Waals surface area contributed by atoms with Gasteiger partial charge in [-0.15, -0.1) is 4.91 Å². The minimum atomic E-state index is -0.0794. The molecule has 8 N–H and O–H groups in total. The molecule has 394 valence electrons. The standard InChI is InChI=1S/C20H25N3O.C11H17NO.C10H14N2O2.C10H15NO.C8H11NO/c1-5-7-21-15-11-19-17(9-13(15)3)23-18-10-14(4)16(22-8-6-2)12-20(18)24-19;1-4-7-12-11-8-10(13-3)6-5-9(11)2;1-3-4-11-8-6-10(13)9(12-14)5-7(8)2;1-3-6-11-10-7-9(12)5-4-8(10)2;1-6-3-4-7(10-2)5-8(6)9/h9-12,21H,5-8H2,1-4H3;5-6,8,12H,4,7H2,1-3H3;5-6,11,13H,3-4H2,1-2H3;4-5,7,11-12H,3,6H2,1-2H3;3-5H,9H2,1-2H3. The van der Waals surface area contributed by atoms with E-state index in [1.165, 1.54) is 28.4 Å². The lowest BCUT2D eigenvalue weighted by Gasteiger charge is -2.12. The number of anilines is 5. The van der Waals surface area contributed by atoms with E-state index in [9.17, 15) is 15.1 Å². The summed E-state index contributed by atoms with van der Waals surface area (Å²) in [4.78, 5) is 19.7. The molecule has 0 atom stereocenters. The number of nitrogens with zero attached hydrogens (tertiary/aromatic N) is 3. The minimum Gasteiger partial charge on any atom is -0.508 e. The molecule has 0 unspecified atom stereocenters. The highest BCUT2D eigenvalue weighted by Gasteiger charge is 2.13. The maximum absolute atomic E-state index is 10.3. The van der Waals surface area contributed by atoms with Crippen molar-refractivity contribution in [3.8, 4) is 34.5 Å². The zero-order chi connectivity index (χ0) is 53.9. The Hall–Kier alpha value is -7.48. The van der Waals surface area contributed by atoms with Crippen LogP contribution in [0.15, 0.2) is 106 Å². The minimum absolute atomic E-state index is 0.0794. The summed E-state index contributed by atoms with van der Waals surface area (Å²) >= 11 is 0. The smallest absolute Gasteiger partial charge is 0.155 e. The summed E-state index contributed by atoms with van der Waals surface area (Å²) < 4.78 is 16.3. The van der Waals surface area contributed by atoms with Gasteiger partial charge in [-0.1, -0.05) is 52.8 Å². The molecule has 0 saturated heterocycles. The van der Waals surface area contributed by atoms with E-state index < -0.39 is 0 Å². The fraction of sp³-hybridized carbons (Fsp3) is 0.390. The van der Waals surface area contributed by atoms with Crippen molar-refractivity contribution in [1.82, 2.24) is 4.98 Å². The number of ether oxygens (including phenoxy) is 2. The number of aromatic nitrogens is 1. The maximum atomic E-state index is 10.3. The number of nitroso groups, excluding NO2 is 1. The lowest BCUT2D eigenvalue weighted by atomic mass is 10.1. The largest absolute Gasteiger partial charge is 0.508 e. The molecule has 1 aliphatic heterocycles. The van der Waals surface area contributed by atoms with Gasteiger partial charge in [0.1, 0.15) is 39.9 Å². The van der Waals surface area contributed by atoms with Gasteiger partial charge in [-0.25, -0.2) is 4.98 Å². The third-order valence-corrected chi connectivity index (χ3v) is 11.4. The zero-order valence-electron chi connectivity index (χ0n) is 45.7. The van der Waals surface area contributed by atoms with E-state index in [-0.39, 0.29) is 11.4 Å². The number of rotatable bonds is 17. The third-order valence-electron chi connectivity index (χ3n) is 11.4. The summed E-state index contributed by atoms with van der Waals surface area (Å²) in [7, 11) is 3.32. The Bertz CT molecular complexity index is 2830. The first-order valence-corrected chi connectivity index (χ1v) is 25.4. The summed E-state index contributed by atoms with van der Waals surface area (Å²) in [6, 6.07) is 28.4. The highest BCUT2D eigenvalue weighted by Crippen LogP contribution is 2.32. The second-order valence-corrected chi connectivity index (χ2v) is 17.7. The number of benzene rings is 6. The molecule has 0 spiro atoms.